The number of aliphatic hydroxyl groups is 2. The molecule has 0 amide bonds. The quantitative estimate of drug-likeness (QED) is 0.660. The van der Waals surface area contributed by atoms with Gasteiger partial charge in [-0.2, -0.15) is 0 Å². The lowest BCUT2D eigenvalue weighted by molar-refractivity contribution is -0.116. The molecule has 0 aromatic carbocycles. The van der Waals surface area contributed by atoms with E-state index < -0.39 is 24.6 Å². The Morgan fingerprint density at radius 3 is 2.44 bits per heavy atom. The number of β-amino-alcohol motifs (C(OH)–C–C–N with tert-alkyl or cyclic N) is 1. The highest BCUT2D eigenvalue weighted by molar-refractivity contribution is 7.78. The normalized spacial score (nSPS) is 28.7. The summed E-state index contributed by atoms with van der Waals surface area (Å²) < 4.78 is 25.1. The fourth-order valence-corrected chi connectivity index (χ4v) is 1.93. The number of hydrogen-bond acceptors (Lipinski definition) is 4. The first-order valence-corrected chi connectivity index (χ1v) is 6.47. The lowest BCUT2D eigenvalue weighted by Crippen LogP contribution is -2.54. The summed E-state index contributed by atoms with van der Waals surface area (Å²) in [5.74, 6) is -1.12. The molecule has 1 aliphatic rings. The molecule has 4 nitrogen and oxygen atoms in total. The standard InChI is InChI=1S/C10H19F2NO2.CH3NS/c1-2-3-4-13-5-7(10(11)12)9(15)8(14)6-13;2-1-3/h7-10,14-15H,2-6H2,1H3;1H,(H2,2,3)/t7-,8+,9+;/m0./s1. The van der Waals surface area contributed by atoms with Crippen LogP contribution in [0.3, 0.4) is 0 Å². The van der Waals surface area contributed by atoms with Gasteiger partial charge in [0.15, 0.2) is 0 Å². The largest absolute Gasteiger partial charge is 0.396 e. The number of thiocarbonyl (C=S) groups is 1. The van der Waals surface area contributed by atoms with Crippen LogP contribution in [0.15, 0.2) is 0 Å². The van der Waals surface area contributed by atoms with Crippen LogP contribution in [0.5, 0.6) is 0 Å². The Labute approximate surface area is 112 Å². The number of nitrogens with two attached hydrogens (primary N) is 1. The molecular formula is C11H22F2N2O2S. The van der Waals surface area contributed by atoms with Crippen molar-refractivity contribution >= 4 is 17.7 Å². The third kappa shape index (κ3) is 5.99. The molecule has 7 heteroatoms. The first-order valence-electron chi connectivity index (χ1n) is 5.99. The number of nitrogens with zero attached hydrogens (tertiary/aromatic N) is 1. The molecule has 1 heterocycles. The fraction of sp³-hybridized carbons (Fsp3) is 0.909. The van der Waals surface area contributed by atoms with Gasteiger partial charge in [-0.05, 0) is 13.0 Å². The topological polar surface area (TPSA) is 69.7 Å². The molecule has 1 fully saturated rings. The van der Waals surface area contributed by atoms with Crippen LogP contribution in [-0.4, -0.2) is 58.9 Å². The number of piperidine rings is 1. The van der Waals surface area contributed by atoms with Gasteiger partial charge in [-0.1, -0.05) is 25.6 Å². The third-order valence-electron chi connectivity index (χ3n) is 2.90. The molecular weight excluding hydrogens is 262 g/mol. The van der Waals surface area contributed by atoms with Gasteiger partial charge in [-0.25, -0.2) is 8.78 Å². The van der Waals surface area contributed by atoms with Gasteiger partial charge >= 0.3 is 0 Å². The number of rotatable bonds is 4. The van der Waals surface area contributed by atoms with E-state index in [1.807, 2.05) is 6.92 Å². The van der Waals surface area contributed by atoms with Gasteiger partial charge in [0.05, 0.1) is 23.6 Å². The van der Waals surface area contributed by atoms with Crippen LogP contribution in [0.1, 0.15) is 19.8 Å². The minimum Gasteiger partial charge on any atom is -0.396 e. The van der Waals surface area contributed by atoms with Crippen LogP contribution >= 0.6 is 12.2 Å². The predicted molar refractivity (Wildman–Crippen MR) is 70.7 cm³/mol. The maximum absolute atomic E-state index is 12.5. The SMILES string of the molecule is CCCCN1C[C@@H](O)[C@H](O)[C@@H](C(F)F)C1.NC=S. The minimum absolute atomic E-state index is 0.176. The molecule has 4 N–H and O–H groups in total. The molecule has 0 aromatic heterocycles. The van der Waals surface area contributed by atoms with E-state index in [-0.39, 0.29) is 6.54 Å². The Bertz CT molecular complexity index is 235. The number of likely N-dealkylation sites (tertiary alicyclic amines) is 1. The van der Waals surface area contributed by atoms with Gasteiger partial charge < -0.3 is 20.8 Å². The monoisotopic (exact) mass is 284 g/mol. The molecule has 0 unspecified atom stereocenters. The molecule has 18 heavy (non-hydrogen) atoms. The average Bonchev–Trinajstić information content (AvgIpc) is 2.31. The maximum atomic E-state index is 12.5. The van der Waals surface area contributed by atoms with Crippen LogP contribution in [0.4, 0.5) is 8.78 Å². The zero-order valence-electron chi connectivity index (χ0n) is 10.5. The second kappa shape index (κ2) is 9.55. The Kier molecular flexibility index (Phi) is 9.35. The van der Waals surface area contributed by atoms with Gasteiger partial charge in [-0.3, -0.25) is 0 Å². The summed E-state index contributed by atoms with van der Waals surface area (Å²) in [6, 6.07) is 0. The van der Waals surface area contributed by atoms with Crippen molar-refractivity contribution in [2.24, 2.45) is 11.7 Å². The zero-order valence-corrected chi connectivity index (χ0v) is 11.3. The number of unbranched alkanes of at least 4 members (excludes halogenated alkanes) is 1. The van der Waals surface area contributed by atoms with Crippen molar-refractivity contribution in [3.63, 3.8) is 0 Å². The number of alkyl halides is 2. The lowest BCUT2D eigenvalue weighted by Gasteiger charge is -2.38. The van der Waals surface area contributed by atoms with Crippen molar-refractivity contribution in [1.82, 2.24) is 4.90 Å². The highest BCUT2D eigenvalue weighted by Crippen LogP contribution is 2.23. The summed E-state index contributed by atoms with van der Waals surface area (Å²) in [6.07, 6.45) is -2.98. The third-order valence-corrected chi connectivity index (χ3v) is 2.90. The molecule has 1 aliphatic heterocycles. The summed E-state index contributed by atoms with van der Waals surface area (Å²) in [7, 11) is 0. The number of halogens is 2. The number of hydrogen-bond donors (Lipinski definition) is 3. The van der Waals surface area contributed by atoms with Crippen molar-refractivity contribution in [2.45, 2.75) is 38.4 Å². The fourth-order valence-electron chi connectivity index (χ4n) is 1.93. The summed E-state index contributed by atoms with van der Waals surface area (Å²) in [5.41, 5.74) is 5.62. The molecule has 0 aliphatic carbocycles. The molecule has 0 saturated carbocycles. The predicted octanol–water partition coefficient (Wildman–Crippen LogP) is 0.608. The van der Waals surface area contributed by atoms with Gasteiger partial charge in [0.2, 0.25) is 6.43 Å². The van der Waals surface area contributed by atoms with Crippen LogP contribution in [0, 0.1) is 5.92 Å². The zero-order chi connectivity index (χ0) is 14.1. The van der Waals surface area contributed by atoms with E-state index in [0.717, 1.165) is 18.3 Å². The van der Waals surface area contributed by atoms with Crippen LogP contribution in [-0.2, 0) is 0 Å². The highest BCUT2D eigenvalue weighted by Gasteiger charge is 2.39. The summed E-state index contributed by atoms with van der Waals surface area (Å²) in [5, 5.41) is 18.8. The molecule has 3 atom stereocenters. The van der Waals surface area contributed by atoms with E-state index in [4.69, 9.17) is 0 Å². The maximum Gasteiger partial charge on any atom is 0.245 e. The smallest absolute Gasteiger partial charge is 0.245 e. The van der Waals surface area contributed by atoms with E-state index in [0.29, 0.717) is 13.1 Å². The van der Waals surface area contributed by atoms with Gasteiger partial charge in [0.1, 0.15) is 0 Å². The molecule has 0 bridgehead atoms. The Hall–Kier alpha value is -0.370. The lowest BCUT2D eigenvalue weighted by atomic mass is 9.93. The average molecular weight is 284 g/mol. The van der Waals surface area contributed by atoms with Crippen molar-refractivity contribution < 1.29 is 19.0 Å². The van der Waals surface area contributed by atoms with E-state index in [1.165, 1.54) is 0 Å². The van der Waals surface area contributed by atoms with E-state index in [9.17, 15) is 19.0 Å². The molecule has 1 saturated heterocycles. The van der Waals surface area contributed by atoms with E-state index in [1.54, 1.807) is 4.90 Å². The van der Waals surface area contributed by atoms with Crippen LogP contribution in [0.25, 0.3) is 0 Å². The molecule has 0 radical (unpaired) electrons. The van der Waals surface area contributed by atoms with Crippen molar-refractivity contribution in [1.29, 1.82) is 0 Å². The van der Waals surface area contributed by atoms with Gasteiger partial charge in [-0.15, -0.1) is 0 Å². The van der Waals surface area contributed by atoms with Crippen LogP contribution in [0.2, 0.25) is 0 Å². The van der Waals surface area contributed by atoms with Gasteiger partial charge in [0, 0.05) is 13.1 Å². The Balaban J connectivity index is 0.000000873. The second-order valence-corrected chi connectivity index (χ2v) is 4.58. The Morgan fingerprint density at radius 2 is 2.00 bits per heavy atom. The molecule has 0 aromatic rings. The molecule has 108 valence electrons. The summed E-state index contributed by atoms with van der Waals surface area (Å²) in [4.78, 5) is 1.80. The molecule has 1 rings (SSSR count). The van der Waals surface area contributed by atoms with Gasteiger partial charge in [0.25, 0.3) is 0 Å². The van der Waals surface area contributed by atoms with Crippen molar-refractivity contribution in [3.8, 4) is 0 Å². The summed E-state index contributed by atoms with van der Waals surface area (Å²) >= 11 is 4.05. The van der Waals surface area contributed by atoms with Crippen molar-refractivity contribution in [2.75, 3.05) is 19.6 Å². The first-order chi connectivity index (χ1) is 8.47. The first kappa shape index (κ1) is 17.6. The van der Waals surface area contributed by atoms with E-state index >= 15 is 0 Å². The van der Waals surface area contributed by atoms with Crippen molar-refractivity contribution in [3.05, 3.63) is 0 Å². The molecule has 0 spiro atoms. The second-order valence-electron chi connectivity index (χ2n) is 4.31. The van der Waals surface area contributed by atoms with E-state index in [2.05, 4.69) is 18.0 Å². The van der Waals surface area contributed by atoms with Crippen LogP contribution < -0.4 is 5.73 Å². The Morgan fingerprint density at radius 1 is 1.44 bits per heavy atom. The highest BCUT2D eigenvalue weighted by atomic mass is 32.1. The summed E-state index contributed by atoms with van der Waals surface area (Å²) in [6.45, 7) is 3.21. The number of aliphatic hydroxyl groups excluding tert-OH is 2. The minimum atomic E-state index is -2.57.